The molecule has 9 heavy (non-hydrogen) atoms. The molecule has 0 aromatic rings. The van der Waals surface area contributed by atoms with Gasteiger partial charge in [-0.05, 0) is 26.2 Å². The van der Waals surface area contributed by atoms with E-state index in [1.54, 1.807) is 13.8 Å². The fourth-order valence-corrected chi connectivity index (χ4v) is 0.973. The molecule has 0 amide bonds. The van der Waals surface area contributed by atoms with Crippen LogP contribution in [0.2, 0.25) is 0 Å². The summed E-state index contributed by atoms with van der Waals surface area (Å²) in [5.74, 6) is 0.519. The third kappa shape index (κ3) is 5.81. The second-order valence-electron chi connectivity index (χ2n) is 3.44. The Balaban J connectivity index is 3.47. The first-order valence-corrected chi connectivity index (χ1v) is 3.64. The molecule has 1 heteroatoms. The van der Waals surface area contributed by atoms with Crippen LogP contribution in [0, 0.1) is 5.92 Å². The molecule has 1 atom stereocenters. The summed E-state index contributed by atoms with van der Waals surface area (Å²) in [6.45, 7) is 7.45. The van der Waals surface area contributed by atoms with Gasteiger partial charge < -0.3 is 0 Å². The van der Waals surface area contributed by atoms with Gasteiger partial charge in [-0.25, -0.2) is 4.39 Å². The van der Waals surface area contributed by atoms with Crippen LogP contribution in [-0.4, -0.2) is 5.67 Å². The highest BCUT2D eigenvalue weighted by atomic mass is 19.1. The van der Waals surface area contributed by atoms with E-state index < -0.39 is 5.67 Å². The molecule has 0 nitrogen and oxygen atoms in total. The van der Waals surface area contributed by atoms with Gasteiger partial charge in [-0.2, -0.15) is 0 Å². The van der Waals surface area contributed by atoms with E-state index in [0.29, 0.717) is 12.3 Å². The molecule has 0 N–H and O–H groups in total. The minimum absolute atomic E-state index is 0.519. The third-order valence-corrected chi connectivity index (χ3v) is 1.53. The van der Waals surface area contributed by atoms with Gasteiger partial charge in [0.1, 0.15) is 5.67 Å². The lowest BCUT2D eigenvalue weighted by atomic mass is 9.95. The zero-order valence-corrected chi connectivity index (χ0v) is 6.87. The molecule has 0 aliphatic heterocycles. The molecule has 0 heterocycles. The average molecular weight is 132 g/mol. The molecule has 0 unspecified atom stereocenters. The van der Waals surface area contributed by atoms with Crippen LogP contribution >= 0.6 is 0 Å². The molecular formula is C8H17F. The summed E-state index contributed by atoms with van der Waals surface area (Å²) in [4.78, 5) is 0. The van der Waals surface area contributed by atoms with Gasteiger partial charge >= 0.3 is 0 Å². The second-order valence-corrected chi connectivity index (χ2v) is 3.44. The van der Waals surface area contributed by atoms with Crippen molar-refractivity contribution in [3.8, 4) is 0 Å². The van der Waals surface area contributed by atoms with Crippen molar-refractivity contribution >= 4 is 0 Å². The fraction of sp³-hybridized carbons (Fsp3) is 1.00. The number of halogens is 1. The maximum Gasteiger partial charge on any atom is 0.105 e. The van der Waals surface area contributed by atoms with Crippen LogP contribution in [0.25, 0.3) is 0 Å². The van der Waals surface area contributed by atoms with Crippen molar-refractivity contribution in [1.29, 1.82) is 0 Å². The number of hydrogen-bond donors (Lipinski definition) is 0. The number of hydrogen-bond acceptors (Lipinski definition) is 0. The molecule has 0 fully saturated rings. The Morgan fingerprint density at radius 2 is 1.89 bits per heavy atom. The van der Waals surface area contributed by atoms with E-state index in [1.807, 2.05) is 0 Å². The fourth-order valence-electron chi connectivity index (χ4n) is 0.973. The molecule has 56 valence electrons. The third-order valence-electron chi connectivity index (χ3n) is 1.53. The van der Waals surface area contributed by atoms with Crippen LogP contribution in [0.15, 0.2) is 0 Å². The summed E-state index contributed by atoms with van der Waals surface area (Å²) in [7, 11) is 0. The van der Waals surface area contributed by atoms with Crippen LogP contribution in [0.4, 0.5) is 4.39 Å². The first-order chi connectivity index (χ1) is 3.95. The highest BCUT2D eigenvalue weighted by molar-refractivity contribution is 4.68. The maximum absolute atomic E-state index is 12.8. The summed E-state index contributed by atoms with van der Waals surface area (Å²) in [5.41, 5.74) is -0.977. The maximum atomic E-state index is 12.8. The summed E-state index contributed by atoms with van der Waals surface area (Å²) in [6.07, 6.45) is 1.76. The lowest BCUT2D eigenvalue weighted by molar-refractivity contribution is 0.172. The summed E-state index contributed by atoms with van der Waals surface area (Å²) >= 11 is 0. The molecule has 0 aliphatic carbocycles. The van der Waals surface area contributed by atoms with E-state index in [4.69, 9.17) is 0 Å². The van der Waals surface area contributed by atoms with E-state index in [9.17, 15) is 4.39 Å². The summed E-state index contributed by atoms with van der Waals surface area (Å²) in [6, 6.07) is 0. The molecule has 0 bridgehead atoms. The first kappa shape index (κ1) is 8.93. The van der Waals surface area contributed by atoms with E-state index in [0.717, 1.165) is 6.42 Å². The predicted octanol–water partition coefficient (Wildman–Crippen LogP) is 3.17. The van der Waals surface area contributed by atoms with Crippen molar-refractivity contribution in [2.45, 2.75) is 46.2 Å². The van der Waals surface area contributed by atoms with Gasteiger partial charge in [-0.1, -0.05) is 20.3 Å². The van der Waals surface area contributed by atoms with Gasteiger partial charge in [0, 0.05) is 0 Å². The molecular weight excluding hydrogens is 115 g/mol. The van der Waals surface area contributed by atoms with Gasteiger partial charge in [-0.3, -0.25) is 0 Å². The van der Waals surface area contributed by atoms with Crippen LogP contribution in [0.1, 0.15) is 40.5 Å². The van der Waals surface area contributed by atoms with Gasteiger partial charge in [0.25, 0.3) is 0 Å². The average Bonchev–Trinajstić information content (AvgIpc) is 1.62. The molecule has 0 rings (SSSR count). The van der Waals surface area contributed by atoms with E-state index in [-0.39, 0.29) is 0 Å². The largest absolute Gasteiger partial charge is 0.244 e. The van der Waals surface area contributed by atoms with Gasteiger partial charge in [-0.15, -0.1) is 0 Å². The topological polar surface area (TPSA) is 0 Å². The normalized spacial score (nSPS) is 15.7. The highest BCUT2D eigenvalue weighted by Gasteiger charge is 2.17. The zero-order valence-electron chi connectivity index (χ0n) is 6.87. The number of rotatable bonds is 3. The molecule has 0 aromatic carbocycles. The number of alkyl halides is 1. The quantitative estimate of drug-likeness (QED) is 0.553. The molecule has 0 aliphatic rings. The van der Waals surface area contributed by atoms with Crippen LogP contribution in [-0.2, 0) is 0 Å². The minimum Gasteiger partial charge on any atom is -0.244 e. The van der Waals surface area contributed by atoms with E-state index >= 15 is 0 Å². The second kappa shape index (κ2) is 3.19. The zero-order chi connectivity index (χ0) is 7.49. The molecule has 0 saturated heterocycles. The van der Waals surface area contributed by atoms with Crippen molar-refractivity contribution in [2.24, 2.45) is 5.92 Å². The highest BCUT2D eigenvalue weighted by Crippen LogP contribution is 2.21. The van der Waals surface area contributed by atoms with Crippen molar-refractivity contribution in [2.75, 3.05) is 0 Å². The van der Waals surface area contributed by atoms with Crippen molar-refractivity contribution < 1.29 is 4.39 Å². The Kier molecular flexibility index (Phi) is 3.16. The Morgan fingerprint density at radius 1 is 1.44 bits per heavy atom. The lowest BCUT2D eigenvalue weighted by Gasteiger charge is -2.17. The monoisotopic (exact) mass is 132 g/mol. The first-order valence-electron chi connectivity index (χ1n) is 3.64. The van der Waals surface area contributed by atoms with Crippen LogP contribution < -0.4 is 0 Å². The Bertz CT molecular complexity index is 71.1. The Morgan fingerprint density at radius 3 is 2.00 bits per heavy atom. The smallest absolute Gasteiger partial charge is 0.105 e. The molecule has 0 radical (unpaired) electrons. The summed E-state index contributed by atoms with van der Waals surface area (Å²) in [5, 5.41) is 0. The van der Waals surface area contributed by atoms with Crippen molar-refractivity contribution in [1.82, 2.24) is 0 Å². The summed E-state index contributed by atoms with van der Waals surface area (Å²) < 4.78 is 12.8. The van der Waals surface area contributed by atoms with Gasteiger partial charge in [0.05, 0.1) is 0 Å². The Hall–Kier alpha value is -0.0700. The van der Waals surface area contributed by atoms with Crippen LogP contribution in [0.3, 0.4) is 0 Å². The molecule has 0 spiro atoms. The standard InChI is InChI=1S/C8H17F/c1-5-7(2)6-8(3,4)9/h7H,5-6H2,1-4H3/t7-/m0/s1. The van der Waals surface area contributed by atoms with Crippen molar-refractivity contribution in [3.63, 3.8) is 0 Å². The van der Waals surface area contributed by atoms with E-state index in [2.05, 4.69) is 13.8 Å². The van der Waals surface area contributed by atoms with Gasteiger partial charge in [0.15, 0.2) is 0 Å². The SMILES string of the molecule is CC[C@H](C)CC(C)(C)F. The van der Waals surface area contributed by atoms with Crippen LogP contribution in [0.5, 0.6) is 0 Å². The van der Waals surface area contributed by atoms with Crippen molar-refractivity contribution in [3.05, 3.63) is 0 Å². The minimum atomic E-state index is -0.977. The Labute approximate surface area is 57.5 Å². The van der Waals surface area contributed by atoms with E-state index in [1.165, 1.54) is 0 Å². The molecule has 0 aromatic heterocycles. The molecule has 0 saturated carbocycles. The van der Waals surface area contributed by atoms with Gasteiger partial charge in [0.2, 0.25) is 0 Å². The predicted molar refractivity (Wildman–Crippen MR) is 39.3 cm³/mol. The lowest BCUT2D eigenvalue weighted by Crippen LogP contribution is -2.15.